The first kappa shape index (κ1) is 16.7. The van der Waals surface area contributed by atoms with Gasteiger partial charge in [-0.25, -0.2) is 0 Å². The standard InChI is InChI=1S/C17H22N3O3S/c1-10-8-18-15(11(2)16(10)23-4)9-24(21)17-19-13-6-5-12(22-3)7-14(13)20-17/h5-7,17,19-20H,8-9H2,1-4H3/q-1. The van der Waals surface area contributed by atoms with Crippen molar-refractivity contribution in [2.75, 3.05) is 37.2 Å². The van der Waals surface area contributed by atoms with E-state index in [0.717, 1.165) is 39.7 Å². The zero-order valence-corrected chi connectivity index (χ0v) is 15.1. The molecule has 2 unspecified atom stereocenters. The maximum atomic E-state index is 12.8. The topological polar surface area (TPSA) is 73.7 Å². The van der Waals surface area contributed by atoms with Crippen LogP contribution in [0.3, 0.4) is 0 Å². The molecule has 130 valence electrons. The largest absolute Gasteiger partial charge is 0.683 e. The molecule has 2 atom stereocenters. The molecule has 2 heterocycles. The number of rotatable bonds is 5. The first-order chi connectivity index (χ1) is 11.5. The van der Waals surface area contributed by atoms with Gasteiger partial charge in [-0.3, -0.25) is 4.21 Å². The molecule has 7 heteroatoms. The number of methoxy groups -OCH3 is 2. The molecule has 0 saturated heterocycles. The molecule has 0 amide bonds. The fourth-order valence-corrected chi connectivity index (χ4v) is 4.16. The van der Waals surface area contributed by atoms with Gasteiger partial charge in [0.1, 0.15) is 11.5 Å². The summed E-state index contributed by atoms with van der Waals surface area (Å²) in [6, 6.07) is 5.69. The number of benzene rings is 1. The molecule has 0 aromatic heterocycles. The smallest absolute Gasteiger partial charge is 0.175 e. The first-order valence-corrected chi connectivity index (χ1v) is 9.11. The molecule has 24 heavy (non-hydrogen) atoms. The number of fused-ring (bicyclic) bond motifs is 1. The van der Waals surface area contributed by atoms with Crippen LogP contribution in [-0.4, -0.2) is 36.2 Å². The van der Waals surface area contributed by atoms with Gasteiger partial charge < -0.3 is 25.4 Å². The third-order valence-corrected chi connectivity index (χ3v) is 5.53. The Balaban J connectivity index is 1.72. The molecule has 0 bridgehead atoms. The minimum absolute atomic E-state index is 0.347. The molecule has 2 aliphatic heterocycles. The Labute approximate surface area is 144 Å². The Morgan fingerprint density at radius 1 is 1.21 bits per heavy atom. The van der Waals surface area contributed by atoms with E-state index in [4.69, 9.17) is 9.47 Å². The molecule has 0 saturated carbocycles. The SMILES string of the molecule is COC1=C(C)C[N-]C(CS(=O)C2Nc3ccc(OC)cc3N2)=C1C. The highest BCUT2D eigenvalue weighted by atomic mass is 32.2. The van der Waals surface area contributed by atoms with E-state index < -0.39 is 10.8 Å². The number of ether oxygens (including phenoxy) is 2. The Morgan fingerprint density at radius 3 is 2.67 bits per heavy atom. The number of hydrogen-bond donors (Lipinski definition) is 2. The Bertz CT molecular complexity index is 743. The van der Waals surface area contributed by atoms with E-state index in [9.17, 15) is 4.21 Å². The van der Waals surface area contributed by atoms with Crippen molar-refractivity contribution in [3.63, 3.8) is 0 Å². The lowest BCUT2D eigenvalue weighted by Gasteiger charge is -2.34. The van der Waals surface area contributed by atoms with Crippen molar-refractivity contribution in [3.8, 4) is 5.75 Å². The summed E-state index contributed by atoms with van der Waals surface area (Å²) >= 11 is 0. The second-order valence-electron chi connectivity index (χ2n) is 5.81. The normalized spacial score (nSPS) is 20.8. The van der Waals surface area contributed by atoms with Crippen molar-refractivity contribution in [3.05, 3.63) is 46.1 Å². The highest BCUT2D eigenvalue weighted by Gasteiger charge is 2.25. The summed E-state index contributed by atoms with van der Waals surface area (Å²) in [6.45, 7) is 4.56. The third kappa shape index (κ3) is 3.08. The van der Waals surface area contributed by atoms with Crippen LogP contribution in [0, 0.1) is 0 Å². The van der Waals surface area contributed by atoms with E-state index in [1.54, 1.807) is 14.2 Å². The van der Waals surface area contributed by atoms with Gasteiger partial charge in [-0.15, -0.1) is 12.2 Å². The van der Waals surface area contributed by atoms with Crippen LogP contribution in [0.2, 0.25) is 0 Å². The number of anilines is 2. The summed E-state index contributed by atoms with van der Waals surface area (Å²) in [5, 5.41) is 11.0. The second kappa shape index (κ2) is 6.76. The van der Waals surface area contributed by atoms with Gasteiger partial charge in [-0.2, -0.15) is 0 Å². The summed E-state index contributed by atoms with van der Waals surface area (Å²) in [5.74, 6) is 2.00. The Hall–Kier alpha value is -2.15. The fourth-order valence-electron chi connectivity index (χ4n) is 2.90. The third-order valence-electron chi connectivity index (χ3n) is 4.21. The highest BCUT2D eigenvalue weighted by molar-refractivity contribution is 7.86. The van der Waals surface area contributed by atoms with E-state index in [-0.39, 0.29) is 5.50 Å². The van der Waals surface area contributed by atoms with E-state index in [2.05, 4.69) is 16.0 Å². The number of nitrogens with one attached hydrogen (secondary N) is 2. The van der Waals surface area contributed by atoms with Crippen LogP contribution < -0.4 is 15.4 Å². The monoisotopic (exact) mass is 348 g/mol. The molecule has 0 radical (unpaired) electrons. The summed E-state index contributed by atoms with van der Waals surface area (Å²) in [5.41, 5.74) is 4.38. The summed E-state index contributed by atoms with van der Waals surface area (Å²) in [4.78, 5) is 0. The van der Waals surface area contributed by atoms with E-state index in [1.807, 2.05) is 32.0 Å². The summed E-state index contributed by atoms with van der Waals surface area (Å²) in [7, 11) is 2.12. The maximum absolute atomic E-state index is 12.8. The van der Waals surface area contributed by atoms with Crippen LogP contribution in [-0.2, 0) is 15.5 Å². The van der Waals surface area contributed by atoms with Crippen LogP contribution in [0.15, 0.2) is 40.8 Å². The molecular formula is C17H22N3O3S-. The lowest BCUT2D eigenvalue weighted by atomic mass is 10.1. The molecule has 2 N–H and O–H groups in total. The minimum Gasteiger partial charge on any atom is -0.683 e. The van der Waals surface area contributed by atoms with E-state index in [1.165, 1.54) is 0 Å². The van der Waals surface area contributed by atoms with Crippen LogP contribution in [0.4, 0.5) is 11.4 Å². The van der Waals surface area contributed by atoms with E-state index in [0.29, 0.717) is 12.3 Å². The van der Waals surface area contributed by atoms with Gasteiger partial charge in [0.15, 0.2) is 5.50 Å². The van der Waals surface area contributed by atoms with Gasteiger partial charge in [0.25, 0.3) is 0 Å². The highest BCUT2D eigenvalue weighted by Crippen LogP contribution is 2.34. The van der Waals surface area contributed by atoms with Crippen LogP contribution >= 0.6 is 0 Å². The van der Waals surface area contributed by atoms with Crippen LogP contribution in [0.5, 0.6) is 5.75 Å². The molecule has 1 aromatic carbocycles. The van der Waals surface area contributed by atoms with Crippen molar-refractivity contribution >= 4 is 22.2 Å². The average molecular weight is 348 g/mol. The molecule has 2 aliphatic rings. The van der Waals surface area contributed by atoms with Crippen LogP contribution in [0.1, 0.15) is 13.8 Å². The molecule has 0 fully saturated rings. The first-order valence-electron chi connectivity index (χ1n) is 7.73. The molecular weight excluding hydrogens is 326 g/mol. The fraction of sp³-hybridized carbons (Fsp3) is 0.412. The predicted molar refractivity (Wildman–Crippen MR) is 97.7 cm³/mol. The number of nitrogens with zero attached hydrogens (tertiary/aromatic N) is 1. The van der Waals surface area contributed by atoms with Gasteiger partial charge in [0, 0.05) is 11.8 Å². The van der Waals surface area contributed by atoms with Gasteiger partial charge in [-0.1, -0.05) is 0 Å². The van der Waals surface area contributed by atoms with Crippen molar-refractivity contribution in [1.82, 2.24) is 0 Å². The average Bonchev–Trinajstić information content (AvgIpc) is 3.01. The lowest BCUT2D eigenvalue weighted by molar-refractivity contribution is 0.294. The molecule has 1 aromatic rings. The second-order valence-corrected chi connectivity index (χ2v) is 7.33. The summed E-state index contributed by atoms with van der Waals surface area (Å²) < 4.78 is 23.4. The van der Waals surface area contributed by atoms with Crippen molar-refractivity contribution in [2.24, 2.45) is 0 Å². The van der Waals surface area contributed by atoms with Gasteiger partial charge >= 0.3 is 0 Å². The zero-order valence-electron chi connectivity index (χ0n) is 14.3. The van der Waals surface area contributed by atoms with Gasteiger partial charge in [-0.05, 0) is 37.1 Å². The van der Waals surface area contributed by atoms with Crippen molar-refractivity contribution in [1.29, 1.82) is 0 Å². The van der Waals surface area contributed by atoms with Gasteiger partial charge in [0.05, 0.1) is 36.4 Å². The van der Waals surface area contributed by atoms with Gasteiger partial charge in [0.2, 0.25) is 0 Å². The minimum atomic E-state index is -1.17. The van der Waals surface area contributed by atoms with Crippen molar-refractivity contribution < 1.29 is 13.7 Å². The molecule has 6 nitrogen and oxygen atoms in total. The van der Waals surface area contributed by atoms with E-state index >= 15 is 0 Å². The number of allylic oxidation sites excluding steroid dienone is 1. The Kier molecular flexibility index (Phi) is 4.71. The molecule has 0 spiro atoms. The summed E-state index contributed by atoms with van der Waals surface area (Å²) in [6.07, 6.45) is 0. The Morgan fingerprint density at radius 2 is 1.96 bits per heavy atom. The van der Waals surface area contributed by atoms with Crippen LogP contribution in [0.25, 0.3) is 5.32 Å². The molecule has 0 aliphatic carbocycles. The predicted octanol–water partition coefficient (Wildman–Crippen LogP) is 3.15. The molecule has 3 rings (SSSR count). The number of hydrogen-bond acceptors (Lipinski definition) is 5. The van der Waals surface area contributed by atoms with Crippen molar-refractivity contribution in [2.45, 2.75) is 19.3 Å². The maximum Gasteiger partial charge on any atom is 0.175 e. The lowest BCUT2D eigenvalue weighted by Crippen LogP contribution is -2.30. The quantitative estimate of drug-likeness (QED) is 0.855. The zero-order chi connectivity index (χ0) is 17.3.